The van der Waals surface area contributed by atoms with Crippen LogP contribution in [-0.2, 0) is 6.54 Å². The molecule has 28 heavy (non-hydrogen) atoms. The van der Waals surface area contributed by atoms with Crippen LogP contribution >= 0.6 is 11.3 Å². The second-order valence-electron chi connectivity index (χ2n) is 6.99. The molecule has 1 aromatic carbocycles. The zero-order valence-corrected chi connectivity index (χ0v) is 16.4. The van der Waals surface area contributed by atoms with Crippen LogP contribution in [0.2, 0.25) is 0 Å². The molecule has 4 aromatic rings. The lowest BCUT2D eigenvalue weighted by atomic mass is 10.1. The van der Waals surface area contributed by atoms with Crippen molar-refractivity contribution in [3.8, 4) is 16.5 Å². The third kappa shape index (κ3) is 3.27. The van der Waals surface area contributed by atoms with Crippen LogP contribution in [0.25, 0.3) is 21.6 Å². The average molecular weight is 392 g/mol. The van der Waals surface area contributed by atoms with Crippen molar-refractivity contribution < 1.29 is 9.26 Å². The summed E-state index contributed by atoms with van der Waals surface area (Å²) in [5.41, 5.74) is 1.96. The molecule has 6 nitrogen and oxygen atoms in total. The van der Waals surface area contributed by atoms with E-state index in [0.717, 1.165) is 59.2 Å². The first-order valence-corrected chi connectivity index (χ1v) is 10.2. The maximum atomic E-state index is 5.55. The van der Waals surface area contributed by atoms with Crippen molar-refractivity contribution in [3.05, 3.63) is 59.4 Å². The molecule has 1 fully saturated rings. The first kappa shape index (κ1) is 17.3. The summed E-state index contributed by atoms with van der Waals surface area (Å²) in [7, 11) is 1.68. The summed E-state index contributed by atoms with van der Waals surface area (Å²) in [4.78, 5) is 12.9. The lowest BCUT2D eigenvalue weighted by molar-refractivity contribution is 0.306. The van der Waals surface area contributed by atoms with Gasteiger partial charge in [-0.1, -0.05) is 29.4 Å². The molecule has 1 saturated heterocycles. The van der Waals surface area contributed by atoms with Crippen LogP contribution in [0.3, 0.4) is 0 Å². The highest BCUT2D eigenvalue weighted by Gasteiger charge is 2.29. The zero-order valence-electron chi connectivity index (χ0n) is 15.5. The van der Waals surface area contributed by atoms with E-state index in [-0.39, 0.29) is 5.92 Å². The molecule has 0 aliphatic carbocycles. The Morgan fingerprint density at radius 2 is 2.14 bits per heavy atom. The standard InChI is InChI=1S/C21H20N4O2S/c1-26-17-5-2-4-14-7-8-16(22-19(14)17)13-25-10-9-15(12-25)21-23-20(24-27-21)18-6-3-11-28-18/h2-8,11,15H,9-10,12-13H2,1H3/t15-/m0/s1. The van der Waals surface area contributed by atoms with Gasteiger partial charge in [0.15, 0.2) is 0 Å². The van der Waals surface area contributed by atoms with Crippen LogP contribution in [0.5, 0.6) is 5.75 Å². The Kier molecular flexibility index (Phi) is 4.54. The quantitative estimate of drug-likeness (QED) is 0.503. The number of ether oxygens (including phenoxy) is 1. The molecule has 5 rings (SSSR count). The number of aromatic nitrogens is 3. The third-order valence-electron chi connectivity index (χ3n) is 5.15. The van der Waals surface area contributed by atoms with E-state index in [1.165, 1.54) is 0 Å². The van der Waals surface area contributed by atoms with E-state index < -0.39 is 0 Å². The number of hydrogen-bond donors (Lipinski definition) is 0. The number of benzene rings is 1. The number of fused-ring (bicyclic) bond motifs is 1. The van der Waals surface area contributed by atoms with Crippen LogP contribution in [0.1, 0.15) is 23.9 Å². The molecule has 0 unspecified atom stereocenters. The highest BCUT2D eigenvalue weighted by molar-refractivity contribution is 7.13. The molecular weight excluding hydrogens is 372 g/mol. The SMILES string of the molecule is COc1cccc2ccc(CN3CC[C@H](c4nc(-c5cccs5)no4)C3)nc12. The van der Waals surface area contributed by atoms with Gasteiger partial charge in [0.2, 0.25) is 11.7 Å². The van der Waals surface area contributed by atoms with Crippen LogP contribution in [0.4, 0.5) is 0 Å². The minimum atomic E-state index is 0.274. The van der Waals surface area contributed by atoms with Gasteiger partial charge in [-0.15, -0.1) is 11.3 Å². The van der Waals surface area contributed by atoms with E-state index in [4.69, 9.17) is 14.2 Å². The largest absolute Gasteiger partial charge is 0.494 e. The van der Waals surface area contributed by atoms with Gasteiger partial charge in [-0.05, 0) is 36.5 Å². The first-order chi connectivity index (χ1) is 13.8. The molecule has 0 N–H and O–H groups in total. The summed E-state index contributed by atoms with van der Waals surface area (Å²) in [5, 5.41) is 7.26. The number of thiophene rings is 1. The summed E-state index contributed by atoms with van der Waals surface area (Å²) in [6.07, 6.45) is 1.02. The topological polar surface area (TPSA) is 64.3 Å². The predicted molar refractivity (Wildman–Crippen MR) is 109 cm³/mol. The Hall–Kier alpha value is -2.77. The average Bonchev–Trinajstić information content (AvgIpc) is 3.47. The number of nitrogens with zero attached hydrogens (tertiary/aromatic N) is 4. The smallest absolute Gasteiger partial charge is 0.231 e. The minimum Gasteiger partial charge on any atom is -0.494 e. The first-order valence-electron chi connectivity index (χ1n) is 9.32. The van der Waals surface area contributed by atoms with E-state index in [1.807, 2.05) is 29.6 Å². The fourth-order valence-corrected chi connectivity index (χ4v) is 4.38. The molecule has 0 bridgehead atoms. The third-order valence-corrected chi connectivity index (χ3v) is 6.02. The van der Waals surface area contributed by atoms with Crippen molar-refractivity contribution in [3.63, 3.8) is 0 Å². The predicted octanol–water partition coefficient (Wildman–Crippen LogP) is 4.34. The number of para-hydroxylation sites is 1. The van der Waals surface area contributed by atoms with Crippen molar-refractivity contribution in [2.75, 3.05) is 20.2 Å². The summed E-state index contributed by atoms with van der Waals surface area (Å²) in [6, 6.07) is 14.2. The van der Waals surface area contributed by atoms with E-state index in [0.29, 0.717) is 5.82 Å². The van der Waals surface area contributed by atoms with Crippen molar-refractivity contribution >= 4 is 22.2 Å². The molecule has 0 amide bonds. The fraction of sp³-hybridized carbons (Fsp3) is 0.286. The number of hydrogen-bond acceptors (Lipinski definition) is 7. The van der Waals surface area contributed by atoms with Crippen molar-refractivity contribution in [2.24, 2.45) is 0 Å². The maximum absolute atomic E-state index is 5.55. The maximum Gasteiger partial charge on any atom is 0.231 e. The number of rotatable bonds is 5. The Labute approximate surface area is 166 Å². The normalized spacial score (nSPS) is 17.4. The van der Waals surface area contributed by atoms with E-state index >= 15 is 0 Å². The minimum absolute atomic E-state index is 0.274. The van der Waals surface area contributed by atoms with Crippen molar-refractivity contribution in [1.29, 1.82) is 0 Å². The lowest BCUT2D eigenvalue weighted by Gasteiger charge is -2.15. The molecule has 0 spiro atoms. The molecule has 0 radical (unpaired) electrons. The molecule has 1 atom stereocenters. The van der Waals surface area contributed by atoms with Gasteiger partial charge in [-0.2, -0.15) is 4.98 Å². The molecule has 7 heteroatoms. The van der Waals surface area contributed by atoms with Crippen molar-refractivity contribution in [1.82, 2.24) is 20.0 Å². The molecule has 0 saturated carbocycles. The van der Waals surface area contributed by atoms with Crippen LogP contribution in [0.15, 0.2) is 52.4 Å². The highest BCUT2D eigenvalue weighted by Crippen LogP contribution is 2.30. The van der Waals surface area contributed by atoms with Gasteiger partial charge in [0, 0.05) is 18.5 Å². The molecule has 1 aliphatic heterocycles. The molecule has 1 aliphatic rings. The van der Waals surface area contributed by atoms with Gasteiger partial charge in [-0.25, -0.2) is 4.98 Å². The van der Waals surface area contributed by atoms with Crippen molar-refractivity contribution in [2.45, 2.75) is 18.9 Å². The second kappa shape index (κ2) is 7.33. The molecule has 142 valence electrons. The Balaban J connectivity index is 1.30. The molecular formula is C21H20N4O2S. The Bertz CT molecular complexity index is 1090. The van der Waals surface area contributed by atoms with E-state index in [9.17, 15) is 0 Å². The summed E-state index contributed by atoms with van der Waals surface area (Å²) < 4.78 is 11.0. The zero-order chi connectivity index (χ0) is 18.9. The highest BCUT2D eigenvalue weighted by atomic mass is 32.1. The van der Waals surface area contributed by atoms with Gasteiger partial charge >= 0.3 is 0 Å². The number of methoxy groups -OCH3 is 1. The van der Waals surface area contributed by atoms with Gasteiger partial charge in [0.05, 0.1) is 23.6 Å². The molecule has 4 heterocycles. The van der Waals surface area contributed by atoms with Gasteiger partial charge < -0.3 is 9.26 Å². The number of likely N-dealkylation sites (tertiary alicyclic amines) is 1. The fourth-order valence-electron chi connectivity index (χ4n) is 3.73. The Morgan fingerprint density at radius 3 is 3.00 bits per heavy atom. The van der Waals surface area contributed by atoms with E-state index in [2.05, 4.69) is 33.2 Å². The summed E-state index contributed by atoms with van der Waals surface area (Å²) in [5.74, 6) is 2.51. The summed E-state index contributed by atoms with van der Waals surface area (Å²) in [6.45, 7) is 2.70. The van der Waals surface area contributed by atoms with E-state index in [1.54, 1.807) is 18.4 Å². The van der Waals surface area contributed by atoms with Gasteiger partial charge in [0.1, 0.15) is 11.3 Å². The molecule has 3 aromatic heterocycles. The van der Waals surface area contributed by atoms with Crippen LogP contribution < -0.4 is 4.74 Å². The lowest BCUT2D eigenvalue weighted by Crippen LogP contribution is -2.20. The monoisotopic (exact) mass is 392 g/mol. The number of pyridine rings is 1. The van der Waals surface area contributed by atoms with Gasteiger partial charge in [0.25, 0.3) is 0 Å². The van der Waals surface area contributed by atoms with Crippen LogP contribution in [-0.4, -0.2) is 40.2 Å². The van der Waals surface area contributed by atoms with Gasteiger partial charge in [-0.3, -0.25) is 4.90 Å². The Morgan fingerprint density at radius 1 is 1.18 bits per heavy atom. The summed E-state index contributed by atoms with van der Waals surface area (Å²) >= 11 is 1.62. The van der Waals surface area contributed by atoms with Crippen LogP contribution in [0, 0.1) is 0 Å². The second-order valence-corrected chi connectivity index (χ2v) is 7.94.